The van der Waals surface area contributed by atoms with Gasteiger partial charge in [0.1, 0.15) is 11.6 Å². The van der Waals surface area contributed by atoms with Gasteiger partial charge in [0, 0.05) is 29.0 Å². The molecule has 0 radical (unpaired) electrons. The number of aromatic nitrogens is 1. The van der Waals surface area contributed by atoms with E-state index in [4.69, 9.17) is 11.6 Å². The summed E-state index contributed by atoms with van der Waals surface area (Å²) in [4.78, 5) is 16.9. The molecule has 3 rings (SSSR count). The Kier molecular flexibility index (Phi) is 6.16. The Morgan fingerprint density at radius 3 is 2.57 bits per heavy atom. The summed E-state index contributed by atoms with van der Waals surface area (Å²) >= 11 is 5.88. The maximum Gasteiger partial charge on any atom is 0.259 e. The molecular formula is C22H22ClN3O2. The number of phenols is 1. The predicted molar refractivity (Wildman–Crippen MR) is 113 cm³/mol. The second kappa shape index (κ2) is 8.76. The van der Waals surface area contributed by atoms with Gasteiger partial charge in [0.25, 0.3) is 5.91 Å². The van der Waals surface area contributed by atoms with Crippen LogP contribution >= 0.6 is 11.6 Å². The second-order valence-electron chi connectivity index (χ2n) is 6.76. The van der Waals surface area contributed by atoms with E-state index in [1.165, 1.54) is 0 Å². The number of nitrogens with zero attached hydrogens (tertiary/aromatic N) is 1. The van der Waals surface area contributed by atoms with Crippen LogP contribution in [0.5, 0.6) is 5.75 Å². The lowest BCUT2D eigenvalue weighted by molar-refractivity contribution is 0.102. The number of nitrogens with one attached hydrogen (secondary N) is 2. The van der Waals surface area contributed by atoms with Crippen LogP contribution in [0.15, 0.2) is 60.8 Å². The normalized spacial score (nSPS) is 10.7. The highest BCUT2D eigenvalue weighted by Gasteiger charge is 2.13. The molecule has 1 heterocycles. The van der Waals surface area contributed by atoms with E-state index in [1.807, 2.05) is 12.1 Å². The first-order valence-corrected chi connectivity index (χ1v) is 9.39. The zero-order chi connectivity index (χ0) is 20.1. The molecule has 0 spiro atoms. The minimum Gasteiger partial charge on any atom is -0.508 e. The van der Waals surface area contributed by atoms with E-state index in [0.717, 1.165) is 11.1 Å². The molecule has 5 nitrogen and oxygen atoms in total. The molecule has 28 heavy (non-hydrogen) atoms. The maximum absolute atomic E-state index is 12.6. The van der Waals surface area contributed by atoms with Crippen molar-refractivity contribution in [2.45, 2.75) is 26.3 Å². The van der Waals surface area contributed by atoms with Crippen LogP contribution in [0.3, 0.4) is 0 Å². The zero-order valence-corrected chi connectivity index (χ0v) is 16.5. The molecule has 1 amide bonds. The standard InChI is InChI=1S/C22H22ClN3O2/c1-14(2)15-5-6-16(20(27)12-15)13-25-21-19(4-3-11-24-21)22(28)26-18-9-7-17(23)8-10-18/h3-12,14,27H,13H2,1-2H3,(H,24,25)(H,26,28). The third-order valence-electron chi connectivity index (χ3n) is 4.38. The molecule has 0 saturated carbocycles. The third-order valence-corrected chi connectivity index (χ3v) is 4.63. The number of amides is 1. The minimum absolute atomic E-state index is 0.224. The summed E-state index contributed by atoms with van der Waals surface area (Å²) in [6, 6.07) is 15.9. The molecule has 0 atom stereocenters. The quantitative estimate of drug-likeness (QED) is 0.520. The molecule has 0 bridgehead atoms. The van der Waals surface area contributed by atoms with Gasteiger partial charge in [-0.3, -0.25) is 4.79 Å². The van der Waals surface area contributed by atoms with Gasteiger partial charge in [0.2, 0.25) is 0 Å². The van der Waals surface area contributed by atoms with Crippen LogP contribution in [0, 0.1) is 0 Å². The van der Waals surface area contributed by atoms with E-state index in [-0.39, 0.29) is 11.7 Å². The number of halogens is 1. The number of hydrogen-bond donors (Lipinski definition) is 3. The van der Waals surface area contributed by atoms with Crippen molar-refractivity contribution in [1.29, 1.82) is 0 Å². The first-order chi connectivity index (χ1) is 13.4. The van der Waals surface area contributed by atoms with Gasteiger partial charge in [-0.2, -0.15) is 0 Å². The molecule has 0 aliphatic rings. The molecule has 0 unspecified atom stereocenters. The van der Waals surface area contributed by atoms with Crippen LogP contribution in [0.1, 0.15) is 41.3 Å². The largest absolute Gasteiger partial charge is 0.508 e. The van der Waals surface area contributed by atoms with Crippen molar-refractivity contribution in [3.8, 4) is 5.75 Å². The molecule has 0 aliphatic heterocycles. The van der Waals surface area contributed by atoms with Gasteiger partial charge in [-0.05, 0) is 53.9 Å². The van der Waals surface area contributed by atoms with Crippen molar-refractivity contribution < 1.29 is 9.90 Å². The first kappa shape index (κ1) is 19.7. The topological polar surface area (TPSA) is 74.2 Å². The molecule has 0 aliphatic carbocycles. The highest BCUT2D eigenvalue weighted by molar-refractivity contribution is 6.30. The van der Waals surface area contributed by atoms with Crippen LogP contribution in [0.4, 0.5) is 11.5 Å². The molecule has 6 heteroatoms. The average Bonchev–Trinajstić information content (AvgIpc) is 2.69. The average molecular weight is 396 g/mol. The van der Waals surface area contributed by atoms with Gasteiger partial charge in [-0.25, -0.2) is 4.98 Å². The Labute approximate surface area is 169 Å². The molecule has 3 N–H and O–H groups in total. The number of aromatic hydroxyl groups is 1. The summed E-state index contributed by atoms with van der Waals surface area (Å²) in [5.41, 5.74) is 2.86. The van der Waals surface area contributed by atoms with E-state index in [0.29, 0.717) is 34.6 Å². The number of pyridine rings is 1. The van der Waals surface area contributed by atoms with Crippen LogP contribution in [0.2, 0.25) is 5.02 Å². The summed E-state index contributed by atoms with van der Waals surface area (Å²) < 4.78 is 0. The summed E-state index contributed by atoms with van der Waals surface area (Å²) in [5, 5.41) is 16.8. The Bertz CT molecular complexity index is 972. The molecule has 1 aromatic heterocycles. The Balaban J connectivity index is 1.73. The Morgan fingerprint density at radius 2 is 1.89 bits per heavy atom. The minimum atomic E-state index is -0.280. The zero-order valence-electron chi connectivity index (χ0n) is 15.7. The molecule has 0 fully saturated rings. The number of phenolic OH excluding ortho intramolecular Hbond substituents is 1. The number of carbonyl (C=O) groups excluding carboxylic acids is 1. The van der Waals surface area contributed by atoms with Crippen LogP contribution in [0.25, 0.3) is 0 Å². The van der Waals surface area contributed by atoms with E-state index in [1.54, 1.807) is 48.7 Å². The molecular weight excluding hydrogens is 374 g/mol. The number of carbonyl (C=O) groups is 1. The SMILES string of the molecule is CC(C)c1ccc(CNc2ncccc2C(=O)Nc2ccc(Cl)cc2)c(O)c1. The van der Waals surface area contributed by atoms with Crippen LogP contribution in [-0.2, 0) is 6.54 Å². The fraction of sp³-hybridized carbons (Fsp3) is 0.182. The number of benzene rings is 2. The van der Waals surface area contributed by atoms with E-state index in [2.05, 4.69) is 29.5 Å². The monoisotopic (exact) mass is 395 g/mol. The fourth-order valence-corrected chi connectivity index (χ4v) is 2.86. The number of rotatable bonds is 6. The van der Waals surface area contributed by atoms with Gasteiger partial charge in [-0.1, -0.05) is 37.6 Å². The molecule has 3 aromatic rings. The predicted octanol–water partition coefficient (Wildman–Crippen LogP) is 5.43. The lowest BCUT2D eigenvalue weighted by Crippen LogP contribution is -2.15. The van der Waals surface area contributed by atoms with Gasteiger partial charge in [0.15, 0.2) is 0 Å². The highest BCUT2D eigenvalue weighted by Crippen LogP contribution is 2.25. The number of anilines is 2. The Hall–Kier alpha value is -3.05. The first-order valence-electron chi connectivity index (χ1n) is 9.01. The van der Waals surface area contributed by atoms with Crippen LogP contribution in [-0.4, -0.2) is 16.0 Å². The Morgan fingerprint density at radius 1 is 1.14 bits per heavy atom. The highest BCUT2D eigenvalue weighted by atomic mass is 35.5. The maximum atomic E-state index is 12.6. The van der Waals surface area contributed by atoms with Crippen molar-refractivity contribution in [3.63, 3.8) is 0 Å². The van der Waals surface area contributed by atoms with Crippen molar-refractivity contribution in [3.05, 3.63) is 82.5 Å². The van der Waals surface area contributed by atoms with E-state index < -0.39 is 0 Å². The van der Waals surface area contributed by atoms with Gasteiger partial charge >= 0.3 is 0 Å². The third kappa shape index (κ3) is 4.81. The summed E-state index contributed by atoms with van der Waals surface area (Å²) in [6.07, 6.45) is 1.61. The van der Waals surface area contributed by atoms with Crippen molar-refractivity contribution in [2.75, 3.05) is 10.6 Å². The molecule has 2 aromatic carbocycles. The van der Waals surface area contributed by atoms with Gasteiger partial charge in [0.05, 0.1) is 5.56 Å². The summed E-state index contributed by atoms with van der Waals surface area (Å²) in [5.74, 6) is 0.729. The second-order valence-corrected chi connectivity index (χ2v) is 7.19. The van der Waals surface area contributed by atoms with E-state index >= 15 is 0 Å². The molecule has 144 valence electrons. The van der Waals surface area contributed by atoms with Gasteiger partial charge < -0.3 is 15.7 Å². The summed E-state index contributed by atoms with van der Waals surface area (Å²) in [7, 11) is 0. The van der Waals surface area contributed by atoms with Gasteiger partial charge in [-0.15, -0.1) is 0 Å². The van der Waals surface area contributed by atoms with Crippen molar-refractivity contribution >= 4 is 29.0 Å². The lowest BCUT2D eigenvalue weighted by Gasteiger charge is -2.13. The lowest BCUT2D eigenvalue weighted by atomic mass is 10.0. The van der Waals surface area contributed by atoms with Crippen molar-refractivity contribution in [1.82, 2.24) is 4.98 Å². The smallest absolute Gasteiger partial charge is 0.259 e. The number of hydrogen-bond acceptors (Lipinski definition) is 4. The summed E-state index contributed by atoms with van der Waals surface area (Å²) in [6.45, 7) is 4.50. The van der Waals surface area contributed by atoms with E-state index in [9.17, 15) is 9.90 Å². The fourth-order valence-electron chi connectivity index (χ4n) is 2.73. The molecule has 0 saturated heterocycles. The van der Waals surface area contributed by atoms with Crippen molar-refractivity contribution in [2.24, 2.45) is 0 Å². The van der Waals surface area contributed by atoms with Crippen LogP contribution < -0.4 is 10.6 Å².